The standard InChI is InChI=1S/C10H18N2O/c1-9(2)8-12-6-5-11-10(12)4-7-13-3/h5-6,9H,4,7-8H2,1-3H3. The quantitative estimate of drug-likeness (QED) is 0.693. The number of nitrogens with zero attached hydrogens (tertiary/aromatic N) is 2. The molecule has 0 N–H and O–H groups in total. The molecular weight excluding hydrogens is 164 g/mol. The molecule has 0 amide bonds. The van der Waals surface area contributed by atoms with Crippen LogP contribution >= 0.6 is 0 Å². The summed E-state index contributed by atoms with van der Waals surface area (Å²) in [5.74, 6) is 1.78. The Balaban J connectivity index is 2.55. The topological polar surface area (TPSA) is 27.1 Å². The molecule has 0 saturated carbocycles. The van der Waals surface area contributed by atoms with Gasteiger partial charge in [0.15, 0.2) is 0 Å². The molecule has 0 spiro atoms. The van der Waals surface area contributed by atoms with E-state index in [0.717, 1.165) is 25.4 Å². The molecule has 0 atom stereocenters. The van der Waals surface area contributed by atoms with Crippen molar-refractivity contribution < 1.29 is 4.74 Å². The zero-order valence-corrected chi connectivity index (χ0v) is 8.66. The van der Waals surface area contributed by atoms with E-state index in [0.29, 0.717) is 5.92 Å². The minimum absolute atomic E-state index is 0.662. The minimum atomic E-state index is 0.662. The molecule has 1 rings (SSSR count). The first-order valence-corrected chi connectivity index (χ1v) is 4.73. The van der Waals surface area contributed by atoms with E-state index in [1.807, 2.05) is 12.4 Å². The smallest absolute Gasteiger partial charge is 0.110 e. The highest BCUT2D eigenvalue weighted by atomic mass is 16.5. The molecule has 0 fully saturated rings. The lowest BCUT2D eigenvalue weighted by Gasteiger charge is -2.09. The normalized spacial score (nSPS) is 11.1. The van der Waals surface area contributed by atoms with Crippen LogP contribution in [0.4, 0.5) is 0 Å². The zero-order valence-electron chi connectivity index (χ0n) is 8.66. The van der Waals surface area contributed by atoms with Gasteiger partial charge >= 0.3 is 0 Å². The van der Waals surface area contributed by atoms with Crippen molar-refractivity contribution >= 4 is 0 Å². The van der Waals surface area contributed by atoms with Gasteiger partial charge in [-0.3, -0.25) is 0 Å². The Morgan fingerprint density at radius 2 is 2.31 bits per heavy atom. The van der Waals surface area contributed by atoms with Gasteiger partial charge in [-0.15, -0.1) is 0 Å². The van der Waals surface area contributed by atoms with Gasteiger partial charge in [-0.05, 0) is 5.92 Å². The predicted octanol–water partition coefficient (Wildman–Crippen LogP) is 1.73. The van der Waals surface area contributed by atoms with Crippen LogP contribution in [0.1, 0.15) is 19.7 Å². The molecule has 0 aliphatic heterocycles. The Bertz CT molecular complexity index is 243. The van der Waals surface area contributed by atoms with E-state index in [4.69, 9.17) is 4.74 Å². The van der Waals surface area contributed by atoms with Crippen LogP contribution in [0.5, 0.6) is 0 Å². The van der Waals surface area contributed by atoms with Crippen molar-refractivity contribution in [3.63, 3.8) is 0 Å². The van der Waals surface area contributed by atoms with Crippen LogP contribution in [-0.2, 0) is 17.7 Å². The molecule has 3 heteroatoms. The van der Waals surface area contributed by atoms with E-state index >= 15 is 0 Å². The van der Waals surface area contributed by atoms with Crippen molar-refractivity contribution in [2.75, 3.05) is 13.7 Å². The molecule has 0 aliphatic carbocycles. The summed E-state index contributed by atoms with van der Waals surface area (Å²) in [6, 6.07) is 0. The van der Waals surface area contributed by atoms with Crippen molar-refractivity contribution in [3.8, 4) is 0 Å². The van der Waals surface area contributed by atoms with Gasteiger partial charge in [0, 0.05) is 32.5 Å². The van der Waals surface area contributed by atoms with E-state index in [2.05, 4.69) is 23.4 Å². The summed E-state index contributed by atoms with van der Waals surface area (Å²) in [4.78, 5) is 4.29. The Kier molecular flexibility index (Phi) is 3.96. The Hall–Kier alpha value is -0.830. The monoisotopic (exact) mass is 182 g/mol. The van der Waals surface area contributed by atoms with Crippen molar-refractivity contribution in [1.82, 2.24) is 9.55 Å². The van der Waals surface area contributed by atoms with Crippen molar-refractivity contribution in [1.29, 1.82) is 0 Å². The van der Waals surface area contributed by atoms with Gasteiger partial charge in [0.2, 0.25) is 0 Å². The summed E-state index contributed by atoms with van der Waals surface area (Å²) >= 11 is 0. The molecule has 1 heterocycles. The second kappa shape index (κ2) is 5.02. The van der Waals surface area contributed by atoms with Crippen molar-refractivity contribution in [3.05, 3.63) is 18.2 Å². The second-order valence-electron chi connectivity index (χ2n) is 3.63. The summed E-state index contributed by atoms with van der Waals surface area (Å²) in [5, 5.41) is 0. The third-order valence-corrected chi connectivity index (χ3v) is 1.89. The lowest BCUT2D eigenvalue weighted by atomic mass is 10.2. The Morgan fingerprint density at radius 3 is 2.92 bits per heavy atom. The average molecular weight is 182 g/mol. The first-order chi connectivity index (χ1) is 6.24. The van der Waals surface area contributed by atoms with Crippen LogP contribution in [-0.4, -0.2) is 23.3 Å². The summed E-state index contributed by atoms with van der Waals surface area (Å²) in [7, 11) is 1.72. The van der Waals surface area contributed by atoms with Gasteiger partial charge < -0.3 is 9.30 Å². The molecule has 0 aliphatic rings. The molecule has 74 valence electrons. The van der Waals surface area contributed by atoms with Gasteiger partial charge in [0.1, 0.15) is 5.82 Å². The maximum absolute atomic E-state index is 5.02. The number of hydrogen-bond acceptors (Lipinski definition) is 2. The van der Waals surface area contributed by atoms with Gasteiger partial charge in [-0.25, -0.2) is 4.98 Å². The van der Waals surface area contributed by atoms with Crippen LogP contribution in [0.2, 0.25) is 0 Å². The number of methoxy groups -OCH3 is 1. The maximum atomic E-state index is 5.02. The number of ether oxygens (including phenoxy) is 1. The Labute approximate surface area is 79.7 Å². The van der Waals surface area contributed by atoms with Crippen molar-refractivity contribution in [2.24, 2.45) is 5.92 Å². The fourth-order valence-corrected chi connectivity index (χ4v) is 1.32. The first kappa shape index (κ1) is 10.3. The van der Waals surface area contributed by atoms with Crippen LogP contribution in [0.25, 0.3) is 0 Å². The zero-order chi connectivity index (χ0) is 9.68. The van der Waals surface area contributed by atoms with Crippen LogP contribution in [0.3, 0.4) is 0 Å². The average Bonchev–Trinajstić information content (AvgIpc) is 2.48. The molecule has 1 aromatic heterocycles. The molecule has 13 heavy (non-hydrogen) atoms. The SMILES string of the molecule is COCCc1nccn1CC(C)C. The van der Waals surface area contributed by atoms with Crippen LogP contribution in [0, 0.1) is 5.92 Å². The van der Waals surface area contributed by atoms with E-state index < -0.39 is 0 Å². The van der Waals surface area contributed by atoms with Crippen molar-refractivity contribution in [2.45, 2.75) is 26.8 Å². The first-order valence-electron chi connectivity index (χ1n) is 4.73. The van der Waals surface area contributed by atoms with Crippen LogP contribution < -0.4 is 0 Å². The fourth-order valence-electron chi connectivity index (χ4n) is 1.32. The largest absolute Gasteiger partial charge is 0.384 e. The number of aromatic nitrogens is 2. The van der Waals surface area contributed by atoms with Crippen LogP contribution in [0.15, 0.2) is 12.4 Å². The van der Waals surface area contributed by atoms with Gasteiger partial charge in [0.25, 0.3) is 0 Å². The molecule has 0 unspecified atom stereocenters. The Morgan fingerprint density at radius 1 is 1.54 bits per heavy atom. The lowest BCUT2D eigenvalue weighted by molar-refractivity contribution is 0.199. The maximum Gasteiger partial charge on any atom is 0.110 e. The highest BCUT2D eigenvalue weighted by molar-refractivity contribution is 4.92. The summed E-state index contributed by atoms with van der Waals surface area (Å²) in [6.45, 7) is 6.20. The second-order valence-corrected chi connectivity index (χ2v) is 3.63. The minimum Gasteiger partial charge on any atom is -0.384 e. The predicted molar refractivity (Wildman–Crippen MR) is 52.6 cm³/mol. The number of imidazole rings is 1. The van der Waals surface area contributed by atoms with Gasteiger partial charge in [-0.1, -0.05) is 13.8 Å². The van der Waals surface area contributed by atoms with E-state index in [1.165, 1.54) is 0 Å². The molecular formula is C10H18N2O. The molecule has 0 aromatic carbocycles. The summed E-state index contributed by atoms with van der Waals surface area (Å²) in [5.41, 5.74) is 0. The summed E-state index contributed by atoms with van der Waals surface area (Å²) < 4.78 is 7.22. The number of hydrogen-bond donors (Lipinski definition) is 0. The lowest BCUT2D eigenvalue weighted by Crippen LogP contribution is -2.09. The molecule has 0 bridgehead atoms. The fraction of sp³-hybridized carbons (Fsp3) is 0.700. The highest BCUT2D eigenvalue weighted by Crippen LogP contribution is 2.04. The molecule has 0 radical (unpaired) electrons. The van der Waals surface area contributed by atoms with E-state index in [1.54, 1.807) is 7.11 Å². The highest BCUT2D eigenvalue weighted by Gasteiger charge is 2.03. The van der Waals surface area contributed by atoms with Gasteiger partial charge in [-0.2, -0.15) is 0 Å². The molecule has 0 saturated heterocycles. The third kappa shape index (κ3) is 3.19. The van der Waals surface area contributed by atoms with Gasteiger partial charge in [0.05, 0.1) is 6.61 Å². The molecule has 3 nitrogen and oxygen atoms in total. The molecule has 1 aromatic rings. The van der Waals surface area contributed by atoms with E-state index in [9.17, 15) is 0 Å². The van der Waals surface area contributed by atoms with E-state index in [-0.39, 0.29) is 0 Å². The third-order valence-electron chi connectivity index (χ3n) is 1.89. The summed E-state index contributed by atoms with van der Waals surface area (Å²) in [6.07, 6.45) is 4.79. The number of rotatable bonds is 5.